The lowest BCUT2D eigenvalue weighted by Crippen LogP contribution is -2.22. The van der Waals surface area contributed by atoms with Crippen LogP contribution >= 0.6 is 22.9 Å². The summed E-state index contributed by atoms with van der Waals surface area (Å²) < 4.78 is 6.63. The number of thiophene rings is 1. The van der Waals surface area contributed by atoms with Gasteiger partial charge in [-0.2, -0.15) is 0 Å². The normalized spacial score (nSPS) is 11.0. The molecular formula is C19H18ClNO2S. The third kappa shape index (κ3) is 3.71. The van der Waals surface area contributed by atoms with E-state index in [1.165, 1.54) is 11.3 Å². The summed E-state index contributed by atoms with van der Waals surface area (Å²) >= 11 is 7.75. The van der Waals surface area contributed by atoms with Crippen LogP contribution in [0.2, 0.25) is 5.02 Å². The Hall–Kier alpha value is -2.04. The number of benzene rings is 2. The molecule has 3 rings (SSSR count). The maximum absolute atomic E-state index is 12.4. The second-order valence-electron chi connectivity index (χ2n) is 5.73. The Bertz CT molecular complexity index is 855. The van der Waals surface area contributed by atoms with Crippen molar-refractivity contribution in [3.63, 3.8) is 0 Å². The second kappa shape index (κ2) is 7.24. The van der Waals surface area contributed by atoms with Gasteiger partial charge < -0.3 is 10.1 Å². The minimum Gasteiger partial charge on any atom is -0.491 e. The first-order chi connectivity index (χ1) is 11.5. The lowest BCUT2D eigenvalue weighted by atomic mass is 10.2. The second-order valence-corrected chi connectivity index (χ2v) is 7.16. The molecule has 24 heavy (non-hydrogen) atoms. The van der Waals surface area contributed by atoms with E-state index in [0.717, 1.165) is 21.4 Å². The van der Waals surface area contributed by atoms with Gasteiger partial charge in [0.2, 0.25) is 0 Å². The van der Waals surface area contributed by atoms with Gasteiger partial charge in [0, 0.05) is 16.6 Å². The lowest BCUT2D eigenvalue weighted by molar-refractivity contribution is 0.0955. The molecule has 3 nitrogen and oxygen atoms in total. The highest BCUT2D eigenvalue weighted by Crippen LogP contribution is 2.35. The molecule has 3 aromatic rings. The summed E-state index contributed by atoms with van der Waals surface area (Å²) in [6.07, 6.45) is 0.144. The maximum Gasteiger partial charge on any atom is 0.263 e. The van der Waals surface area contributed by atoms with Crippen molar-refractivity contribution in [2.45, 2.75) is 26.5 Å². The van der Waals surface area contributed by atoms with Crippen LogP contribution < -0.4 is 10.1 Å². The van der Waals surface area contributed by atoms with E-state index in [1.807, 2.05) is 62.4 Å². The van der Waals surface area contributed by atoms with Crippen LogP contribution in [-0.4, -0.2) is 12.0 Å². The van der Waals surface area contributed by atoms with Gasteiger partial charge in [-0.3, -0.25) is 4.79 Å². The summed E-state index contributed by atoms with van der Waals surface area (Å²) in [5.74, 6) is 0.677. The third-order valence-electron chi connectivity index (χ3n) is 3.49. The Kier molecular flexibility index (Phi) is 5.07. The molecule has 0 unspecified atom stereocenters. The predicted molar refractivity (Wildman–Crippen MR) is 100 cm³/mol. The van der Waals surface area contributed by atoms with Gasteiger partial charge in [-0.25, -0.2) is 0 Å². The molecule has 1 heterocycles. The van der Waals surface area contributed by atoms with Crippen LogP contribution in [0.1, 0.15) is 29.1 Å². The lowest BCUT2D eigenvalue weighted by Gasteiger charge is -2.10. The number of fused-ring (bicyclic) bond motifs is 1. The number of rotatable bonds is 5. The van der Waals surface area contributed by atoms with Gasteiger partial charge in [0.25, 0.3) is 5.91 Å². The van der Waals surface area contributed by atoms with Gasteiger partial charge in [0.15, 0.2) is 0 Å². The quantitative estimate of drug-likeness (QED) is 0.673. The molecule has 0 atom stereocenters. The van der Waals surface area contributed by atoms with Crippen LogP contribution in [0.15, 0.2) is 48.5 Å². The fourth-order valence-electron chi connectivity index (χ4n) is 2.38. The minimum atomic E-state index is -0.149. The number of amides is 1. The molecule has 0 aliphatic carbocycles. The molecule has 124 valence electrons. The summed E-state index contributed by atoms with van der Waals surface area (Å²) in [5.41, 5.74) is 1.01. The Morgan fingerprint density at radius 2 is 1.88 bits per heavy atom. The van der Waals surface area contributed by atoms with Crippen molar-refractivity contribution < 1.29 is 9.53 Å². The van der Waals surface area contributed by atoms with Crippen LogP contribution in [-0.2, 0) is 6.54 Å². The Morgan fingerprint density at radius 3 is 2.54 bits per heavy atom. The van der Waals surface area contributed by atoms with Crippen molar-refractivity contribution in [1.29, 1.82) is 0 Å². The first-order valence-electron chi connectivity index (χ1n) is 7.75. The number of carbonyl (C=O) groups excluding carboxylic acids is 1. The molecule has 0 spiro atoms. The molecule has 0 saturated heterocycles. The number of ether oxygens (including phenoxy) is 1. The van der Waals surface area contributed by atoms with E-state index in [9.17, 15) is 4.79 Å². The SMILES string of the molecule is CC(C)Oc1ccc(CNC(=O)c2sc3ccccc3c2Cl)cc1. The average Bonchev–Trinajstić information content (AvgIpc) is 2.91. The summed E-state index contributed by atoms with van der Waals surface area (Å²) in [4.78, 5) is 13.0. The number of nitrogens with one attached hydrogen (secondary N) is 1. The van der Waals surface area contributed by atoms with Crippen LogP contribution in [0.4, 0.5) is 0 Å². The van der Waals surface area contributed by atoms with Gasteiger partial charge in [-0.05, 0) is 37.6 Å². The molecule has 0 radical (unpaired) electrons. The van der Waals surface area contributed by atoms with E-state index in [4.69, 9.17) is 16.3 Å². The average molecular weight is 360 g/mol. The Morgan fingerprint density at radius 1 is 1.17 bits per heavy atom. The van der Waals surface area contributed by atoms with Gasteiger partial charge in [0.05, 0.1) is 11.1 Å². The highest BCUT2D eigenvalue weighted by Gasteiger charge is 2.16. The Labute approximate surface area is 150 Å². The smallest absolute Gasteiger partial charge is 0.263 e. The van der Waals surface area contributed by atoms with Crippen molar-refractivity contribution >= 4 is 38.9 Å². The highest BCUT2D eigenvalue weighted by molar-refractivity contribution is 7.21. The van der Waals surface area contributed by atoms with Crippen LogP contribution in [0.5, 0.6) is 5.75 Å². The van der Waals surface area contributed by atoms with E-state index >= 15 is 0 Å². The predicted octanol–water partition coefficient (Wildman–Crippen LogP) is 5.27. The Balaban J connectivity index is 1.67. The molecule has 2 aromatic carbocycles. The first kappa shape index (κ1) is 16.8. The zero-order chi connectivity index (χ0) is 17.1. The van der Waals surface area contributed by atoms with Crippen molar-refractivity contribution in [2.75, 3.05) is 0 Å². The molecule has 1 amide bonds. The van der Waals surface area contributed by atoms with Crippen molar-refractivity contribution in [1.82, 2.24) is 5.32 Å². The number of halogens is 1. The molecule has 0 saturated carbocycles. The van der Waals surface area contributed by atoms with Gasteiger partial charge in [-0.1, -0.05) is 41.9 Å². The minimum absolute atomic E-state index is 0.144. The molecule has 0 bridgehead atoms. The van der Waals surface area contributed by atoms with E-state index < -0.39 is 0 Å². The molecule has 5 heteroatoms. The molecule has 0 aliphatic rings. The number of hydrogen-bond acceptors (Lipinski definition) is 3. The van der Waals surface area contributed by atoms with Gasteiger partial charge in [-0.15, -0.1) is 11.3 Å². The summed E-state index contributed by atoms with van der Waals surface area (Å²) in [6, 6.07) is 15.5. The zero-order valence-electron chi connectivity index (χ0n) is 13.5. The van der Waals surface area contributed by atoms with E-state index in [1.54, 1.807) is 0 Å². The molecule has 0 aliphatic heterocycles. The van der Waals surface area contributed by atoms with Crippen molar-refractivity contribution in [3.05, 3.63) is 64.0 Å². The molecule has 1 aromatic heterocycles. The highest BCUT2D eigenvalue weighted by atomic mass is 35.5. The zero-order valence-corrected chi connectivity index (χ0v) is 15.1. The molecule has 0 fully saturated rings. The third-order valence-corrected chi connectivity index (χ3v) is 5.16. The van der Waals surface area contributed by atoms with E-state index in [-0.39, 0.29) is 12.0 Å². The largest absolute Gasteiger partial charge is 0.491 e. The fraction of sp³-hybridized carbons (Fsp3) is 0.211. The summed E-state index contributed by atoms with van der Waals surface area (Å²) in [7, 11) is 0. The standard InChI is InChI=1S/C19H18ClNO2S/c1-12(2)23-14-9-7-13(8-10-14)11-21-19(22)18-17(20)15-5-3-4-6-16(15)24-18/h3-10,12H,11H2,1-2H3,(H,21,22). The first-order valence-corrected chi connectivity index (χ1v) is 8.95. The molecule has 1 N–H and O–H groups in total. The van der Waals surface area contributed by atoms with E-state index in [2.05, 4.69) is 5.32 Å². The fourth-order valence-corrected chi connectivity index (χ4v) is 3.81. The monoisotopic (exact) mass is 359 g/mol. The summed E-state index contributed by atoms with van der Waals surface area (Å²) in [5, 5.41) is 4.37. The number of hydrogen-bond donors (Lipinski definition) is 1. The topological polar surface area (TPSA) is 38.3 Å². The summed E-state index contributed by atoms with van der Waals surface area (Å²) in [6.45, 7) is 4.43. The number of carbonyl (C=O) groups is 1. The van der Waals surface area contributed by atoms with E-state index in [0.29, 0.717) is 16.4 Å². The maximum atomic E-state index is 12.4. The van der Waals surface area contributed by atoms with Gasteiger partial charge in [0.1, 0.15) is 10.6 Å². The molecular weight excluding hydrogens is 342 g/mol. The van der Waals surface area contributed by atoms with Gasteiger partial charge >= 0.3 is 0 Å². The van der Waals surface area contributed by atoms with Crippen LogP contribution in [0.25, 0.3) is 10.1 Å². The van der Waals surface area contributed by atoms with Crippen molar-refractivity contribution in [2.24, 2.45) is 0 Å². The van der Waals surface area contributed by atoms with Crippen LogP contribution in [0, 0.1) is 0 Å². The van der Waals surface area contributed by atoms with Crippen molar-refractivity contribution in [3.8, 4) is 5.75 Å². The van der Waals surface area contributed by atoms with Crippen LogP contribution in [0.3, 0.4) is 0 Å².